The molecule has 0 bridgehead atoms. The third-order valence-electron chi connectivity index (χ3n) is 3.17. The lowest BCUT2D eigenvalue weighted by Gasteiger charge is -2.23. The zero-order valence-electron chi connectivity index (χ0n) is 11.5. The molecule has 1 aliphatic heterocycles. The Bertz CT molecular complexity index is 468. The highest BCUT2D eigenvalue weighted by Crippen LogP contribution is 2.24. The van der Waals surface area contributed by atoms with Gasteiger partial charge in [-0.25, -0.2) is 0 Å². The third kappa shape index (κ3) is 6.66. The number of halogens is 3. The van der Waals surface area contributed by atoms with Crippen LogP contribution in [0.1, 0.15) is 18.4 Å². The second kappa shape index (κ2) is 9.80. The Morgan fingerprint density at radius 1 is 1.43 bits per heavy atom. The van der Waals surface area contributed by atoms with Crippen LogP contribution in [0.2, 0.25) is 10.0 Å². The number of carbonyl (C=O) groups is 1. The zero-order valence-corrected chi connectivity index (χ0v) is 14.7. The first kappa shape index (κ1) is 18.9. The van der Waals surface area contributed by atoms with E-state index in [1.165, 1.54) is 0 Å². The molecule has 1 fully saturated rings. The topological polar surface area (TPSA) is 41.1 Å². The number of piperidine rings is 1. The minimum absolute atomic E-state index is 0. The number of carbonyl (C=O) groups excluding carboxylic acids is 1. The zero-order chi connectivity index (χ0) is 14.4. The average molecular weight is 370 g/mol. The van der Waals surface area contributed by atoms with Crippen molar-refractivity contribution < 1.29 is 4.79 Å². The summed E-state index contributed by atoms with van der Waals surface area (Å²) in [5.41, 5.74) is 1.01. The minimum Gasteiger partial charge on any atom is -0.351 e. The van der Waals surface area contributed by atoms with Gasteiger partial charge < -0.3 is 10.6 Å². The summed E-state index contributed by atoms with van der Waals surface area (Å²) in [5.74, 6) is 1.26. The maximum absolute atomic E-state index is 11.8. The van der Waals surface area contributed by atoms with Crippen LogP contribution in [0.4, 0.5) is 0 Å². The van der Waals surface area contributed by atoms with Crippen LogP contribution < -0.4 is 10.6 Å². The van der Waals surface area contributed by atoms with Gasteiger partial charge in [-0.2, -0.15) is 0 Å². The van der Waals surface area contributed by atoms with Gasteiger partial charge in [-0.05, 0) is 37.1 Å². The summed E-state index contributed by atoms with van der Waals surface area (Å²) in [6.45, 7) is 1.93. The normalized spacial score (nSPS) is 17.9. The van der Waals surface area contributed by atoms with Gasteiger partial charge in [-0.15, -0.1) is 24.2 Å². The largest absolute Gasteiger partial charge is 0.351 e. The molecule has 0 saturated carbocycles. The second-order valence-electron chi connectivity index (χ2n) is 4.84. The van der Waals surface area contributed by atoms with Crippen molar-refractivity contribution in [3.63, 3.8) is 0 Å². The molecule has 1 aromatic carbocycles. The fourth-order valence-corrected chi connectivity index (χ4v) is 3.53. The quantitative estimate of drug-likeness (QED) is 0.834. The van der Waals surface area contributed by atoms with Crippen molar-refractivity contribution in [2.75, 3.05) is 18.8 Å². The van der Waals surface area contributed by atoms with Crippen LogP contribution in [0.15, 0.2) is 18.2 Å². The molecule has 118 valence electrons. The van der Waals surface area contributed by atoms with Crippen LogP contribution >= 0.6 is 47.4 Å². The fourth-order valence-electron chi connectivity index (χ4n) is 2.14. The first-order valence-corrected chi connectivity index (χ1v) is 8.58. The molecule has 21 heavy (non-hydrogen) atoms. The van der Waals surface area contributed by atoms with E-state index in [9.17, 15) is 4.79 Å². The number of hydrogen-bond acceptors (Lipinski definition) is 3. The van der Waals surface area contributed by atoms with Crippen molar-refractivity contribution in [2.45, 2.75) is 24.6 Å². The minimum atomic E-state index is 0. The standard InChI is InChI=1S/C14H18Cl2N2OS.ClH/c15-11-4-3-10(13(16)6-11)8-20-9-14(19)18-12-2-1-5-17-7-12;/h3-4,6,12,17H,1-2,5,7-9H2,(H,18,19);1H. The second-order valence-corrected chi connectivity index (χ2v) is 6.67. The van der Waals surface area contributed by atoms with Crippen molar-refractivity contribution in [1.29, 1.82) is 0 Å². The molecule has 1 atom stereocenters. The van der Waals surface area contributed by atoms with E-state index in [2.05, 4.69) is 10.6 Å². The molecule has 7 heteroatoms. The van der Waals surface area contributed by atoms with Crippen LogP contribution in [0.25, 0.3) is 0 Å². The first-order valence-electron chi connectivity index (χ1n) is 6.67. The Morgan fingerprint density at radius 3 is 2.90 bits per heavy atom. The van der Waals surface area contributed by atoms with Crippen molar-refractivity contribution in [2.24, 2.45) is 0 Å². The highest BCUT2D eigenvalue weighted by molar-refractivity contribution is 7.99. The lowest BCUT2D eigenvalue weighted by atomic mass is 10.1. The Labute approximate surface area is 145 Å². The summed E-state index contributed by atoms with van der Waals surface area (Å²) in [7, 11) is 0. The van der Waals surface area contributed by atoms with Crippen molar-refractivity contribution in [1.82, 2.24) is 10.6 Å². The number of benzene rings is 1. The summed E-state index contributed by atoms with van der Waals surface area (Å²) in [6, 6.07) is 5.72. The maximum atomic E-state index is 11.8. The number of rotatable bonds is 5. The Morgan fingerprint density at radius 2 is 2.24 bits per heavy atom. The molecule has 3 nitrogen and oxygen atoms in total. The van der Waals surface area contributed by atoms with E-state index in [1.54, 1.807) is 17.8 Å². The summed E-state index contributed by atoms with van der Waals surface area (Å²) in [6.07, 6.45) is 2.19. The van der Waals surface area contributed by atoms with Crippen molar-refractivity contribution >= 4 is 53.3 Å². The highest BCUT2D eigenvalue weighted by atomic mass is 35.5. The van der Waals surface area contributed by atoms with Gasteiger partial charge in [0.25, 0.3) is 0 Å². The number of amides is 1. The van der Waals surface area contributed by atoms with Gasteiger partial charge in [0.05, 0.1) is 5.75 Å². The SMILES string of the molecule is Cl.O=C(CSCc1ccc(Cl)cc1Cl)NC1CCCNC1. The maximum Gasteiger partial charge on any atom is 0.230 e. The van der Waals surface area contributed by atoms with Gasteiger partial charge in [0.15, 0.2) is 0 Å². The van der Waals surface area contributed by atoms with E-state index in [-0.39, 0.29) is 24.4 Å². The summed E-state index contributed by atoms with van der Waals surface area (Å²) in [5, 5.41) is 7.62. The number of hydrogen-bond donors (Lipinski definition) is 2. The fraction of sp³-hybridized carbons (Fsp3) is 0.500. The van der Waals surface area contributed by atoms with Crippen LogP contribution in [0.5, 0.6) is 0 Å². The van der Waals surface area contributed by atoms with Crippen LogP contribution in [0.3, 0.4) is 0 Å². The molecular weight excluding hydrogens is 351 g/mol. The molecule has 0 aromatic heterocycles. The van der Waals surface area contributed by atoms with Gasteiger partial charge in [0, 0.05) is 28.4 Å². The number of nitrogens with one attached hydrogen (secondary N) is 2. The van der Waals surface area contributed by atoms with Crippen molar-refractivity contribution in [3.8, 4) is 0 Å². The van der Waals surface area contributed by atoms with Crippen LogP contribution in [-0.4, -0.2) is 30.8 Å². The van der Waals surface area contributed by atoms with Gasteiger partial charge >= 0.3 is 0 Å². The third-order valence-corrected chi connectivity index (χ3v) is 4.74. The van der Waals surface area contributed by atoms with Gasteiger partial charge in [0.1, 0.15) is 0 Å². The monoisotopic (exact) mass is 368 g/mol. The van der Waals surface area contributed by atoms with Crippen molar-refractivity contribution in [3.05, 3.63) is 33.8 Å². The predicted octanol–water partition coefficient (Wildman–Crippen LogP) is 3.52. The predicted molar refractivity (Wildman–Crippen MR) is 93.9 cm³/mol. The smallest absolute Gasteiger partial charge is 0.230 e. The van der Waals surface area contributed by atoms with E-state index < -0.39 is 0 Å². The molecule has 0 aliphatic carbocycles. The lowest BCUT2D eigenvalue weighted by molar-refractivity contribution is -0.119. The van der Waals surface area contributed by atoms with Gasteiger partial charge in [0.2, 0.25) is 5.91 Å². The van der Waals surface area contributed by atoms with Crippen LogP contribution in [-0.2, 0) is 10.5 Å². The summed E-state index contributed by atoms with van der Waals surface area (Å²) in [4.78, 5) is 11.8. The Kier molecular flexibility index (Phi) is 8.83. The molecular formula is C14H19Cl3N2OS. The molecule has 1 saturated heterocycles. The summed E-state index contributed by atoms with van der Waals surface area (Å²) < 4.78 is 0. The molecule has 0 radical (unpaired) electrons. The molecule has 2 N–H and O–H groups in total. The molecule has 1 aromatic rings. The molecule has 2 rings (SSSR count). The molecule has 0 spiro atoms. The van der Waals surface area contributed by atoms with E-state index in [0.717, 1.165) is 31.5 Å². The highest BCUT2D eigenvalue weighted by Gasteiger charge is 2.15. The molecule has 1 unspecified atom stereocenters. The van der Waals surface area contributed by atoms with Gasteiger partial charge in [-0.3, -0.25) is 4.79 Å². The molecule has 1 heterocycles. The summed E-state index contributed by atoms with van der Waals surface area (Å²) >= 11 is 13.5. The number of thioether (sulfide) groups is 1. The molecule has 1 aliphatic rings. The lowest BCUT2D eigenvalue weighted by Crippen LogP contribution is -2.46. The molecule has 1 amide bonds. The average Bonchev–Trinajstić information content (AvgIpc) is 2.42. The van der Waals surface area contributed by atoms with E-state index in [1.807, 2.05) is 12.1 Å². The van der Waals surface area contributed by atoms with E-state index >= 15 is 0 Å². The first-order chi connectivity index (χ1) is 9.65. The van der Waals surface area contributed by atoms with Gasteiger partial charge in [-0.1, -0.05) is 29.3 Å². The Hall–Kier alpha value is -0.130. The Balaban J connectivity index is 0.00000220. The van der Waals surface area contributed by atoms with E-state index in [0.29, 0.717) is 21.6 Å². The van der Waals surface area contributed by atoms with Crippen LogP contribution in [0, 0.1) is 0 Å². The van der Waals surface area contributed by atoms with E-state index in [4.69, 9.17) is 23.2 Å².